The molecule has 0 saturated carbocycles. The number of fused-ring (bicyclic) bond motifs is 1. The van der Waals surface area contributed by atoms with E-state index in [0.29, 0.717) is 18.9 Å². The van der Waals surface area contributed by atoms with E-state index < -0.39 is 0 Å². The van der Waals surface area contributed by atoms with Crippen molar-refractivity contribution in [3.8, 4) is 5.75 Å². The van der Waals surface area contributed by atoms with E-state index in [1.807, 2.05) is 31.2 Å². The lowest BCUT2D eigenvalue weighted by atomic mass is 10.2. The molecule has 2 aliphatic rings. The number of carbonyl (C=O) groups is 1. The number of hydrogen-bond acceptors (Lipinski definition) is 7. The Balaban J connectivity index is 1.33. The smallest absolute Gasteiger partial charge is 0.232 e. The van der Waals surface area contributed by atoms with E-state index in [-0.39, 0.29) is 12.0 Å². The molecule has 1 N–H and O–H groups in total. The predicted molar refractivity (Wildman–Crippen MR) is 107 cm³/mol. The molecule has 9 heteroatoms. The zero-order valence-electron chi connectivity index (χ0n) is 16.0. The highest BCUT2D eigenvalue weighted by atomic mass is 32.2. The maximum atomic E-state index is 12.1. The Kier molecular flexibility index (Phi) is 6.01. The van der Waals surface area contributed by atoms with Crippen molar-refractivity contribution >= 4 is 29.3 Å². The van der Waals surface area contributed by atoms with Gasteiger partial charge in [0.2, 0.25) is 11.9 Å². The fraction of sp³-hybridized carbons (Fsp3) is 0.526. The molecule has 1 aromatic carbocycles. The lowest BCUT2D eigenvalue weighted by Gasteiger charge is -2.15. The van der Waals surface area contributed by atoms with Crippen LogP contribution in [0, 0.1) is 0 Å². The van der Waals surface area contributed by atoms with Crippen LogP contribution in [0.3, 0.4) is 0 Å². The third-order valence-electron chi connectivity index (χ3n) is 4.83. The fourth-order valence-electron chi connectivity index (χ4n) is 3.43. The van der Waals surface area contributed by atoms with Crippen molar-refractivity contribution in [3.63, 3.8) is 0 Å². The minimum Gasteiger partial charge on any atom is -0.494 e. The molecule has 0 radical (unpaired) electrons. The van der Waals surface area contributed by atoms with Gasteiger partial charge in [0.25, 0.3) is 0 Å². The first-order chi connectivity index (χ1) is 13.7. The highest BCUT2D eigenvalue weighted by molar-refractivity contribution is 7.99. The lowest BCUT2D eigenvalue weighted by Crippen LogP contribution is -2.32. The molecule has 0 unspecified atom stereocenters. The molecule has 8 nitrogen and oxygen atoms in total. The fourth-order valence-corrected chi connectivity index (χ4v) is 4.22. The molecule has 150 valence electrons. The van der Waals surface area contributed by atoms with Crippen LogP contribution in [0.2, 0.25) is 0 Å². The molecule has 0 bridgehead atoms. The van der Waals surface area contributed by atoms with Crippen molar-refractivity contribution in [2.75, 3.05) is 37.0 Å². The van der Waals surface area contributed by atoms with Gasteiger partial charge in [0.15, 0.2) is 5.16 Å². The summed E-state index contributed by atoms with van der Waals surface area (Å²) in [4.78, 5) is 14.2. The summed E-state index contributed by atoms with van der Waals surface area (Å²) in [5.41, 5.74) is 1.06. The summed E-state index contributed by atoms with van der Waals surface area (Å²) in [7, 11) is 0. The first kappa shape index (κ1) is 19.1. The van der Waals surface area contributed by atoms with Crippen molar-refractivity contribution in [2.45, 2.75) is 37.6 Å². The summed E-state index contributed by atoms with van der Waals surface area (Å²) in [6.45, 7) is 5.64. The van der Waals surface area contributed by atoms with E-state index in [4.69, 9.17) is 9.47 Å². The molecule has 1 aromatic heterocycles. The van der Waals surface area contributed by atoms with E-state index in [0.717, 1.165) is 55.1 Å². The van der Waals surface area contributed by atoms with Gasteiger partial charge in [0.05, 0.1) is 18.5 Å². The summed E-state index contributed by atoms with van der Waals surface area (Å²) < 4.78 is 13.1. The minimum absolute atomic E-state index is 0.000726. The largest absolute Gasteiger partial charge is 0.494 e. The molecule has 28 heavy (non-hydrogen) atoms. The Labute approximate surface area is 168 Å². The number of carbonyl (C=O) groups excluding carboxylic acids is 1. The molecule has 1 amide bonds. The van der Waals surface area contributed by atoms with Crippen molar-refractivity contribution in [1.29, 1.82) is 0 Å². The lowest BCUT2D eigenvalue weighted by molar-refractivity contribution is -0.119. The van der Waals surface area contributed by atoms with Gasteiger partial charge in [-0.2, -0.15) is 0 Å². The van der Waals surface area contributed by atoms with Crippen molar-refractivity contribution in [3.05, 3.63) is 24.3 Å². The molecular formula is C19H25N5O3S. The highest BCUT2D eigenvalue weighted by Crippen LogP contribution is 2.32. The highest BCUT2D eigenvalue weighted by Gasteiger charge is 2.26. The summed E-state index contributed by atoms with van der Waals surface area (Å²) in [6.07, 6.45) is 2.26. The van der Waals surface area contributed by atoms with Crippen LogP contribution in [0.5, 0.6) is 5.75 Å². The quantitative estimate of drug-likeness (QED) is 0.677. The molecule has 1 saturated heterocycles. The van der Waals surface area contributed by atoms with Gasteiger partial charge in [-0.05, 0) is 44.0 Å². The average molecular weight is 404 g/mol. The van der Waals surface area contributed by atoms with Gasteiger partial charge in [0.1, 0.15) is 5.75 Å². The van der Waals surface area contributed by atoms with Gasteiger partial charge in [0, 0.05) is 31.9 Å². The van der Waals surface area contributed by atoms with Crippen LogP contribution in [0.15, 0.2) is 29.4 Å². The number of hydrogen-bond donors (Lipinski definition) is 1. The number of anilines is 2. The number of amides is 1. The summed E-state index contributed by atoms with van der Waals surface area (Å²) in [5.74, 6) is 2.00. The Hall–Kier alpha value is -2.26. The van der Waals surface area contributed by atoms with Crippen molar-refractivity contribution < 1.29 is 14.3 Å². The normalized spacial score (nSPS) is 18.3. The summed E-state index contributed by atoms with van der Waals surface area (Å²) in [5, 5.41) is 12.3. The molecule has 1 atom stereocenters. The molecular weight excluding hydrogens is 378 g/mol. The second-order valence-electron chi connectivity index (χ2n) is 6.74. The van der Waals surface area contributed by atoms with Gasteiger partial charge in [-0.3, -0.25) is 9.36 Å². The van der Waals surface area contributed by atoms with Crippen LogP contribution in [0.25, 0.3) is 0 Å². The van der Waals surface area contributed by atoms with E-state index >= 15 is 0 Å². The number of ether oxygens (including phenoxy) is 2. The minimum atomic E-state index is -0.000726. The first-order valence-electron chi connectivity index (χ1n) is 9.69. The van der Waals surface area contributed by atoms with E-state index in [1.54, 1.807) is 0 Å². The van der Waals surface area contributed by atoms with Gasteiger partial charge < -0.3 is 19.7 Å². The average Bonchev–Trinajstić information content (AvgIpc) is 3.44. The van der Waals surface area contributed by atoms with Crippen LogP contribution in [0.4, 0.5) is 11.6 Å². The molecule has 0 aliphatic carbocycles. The van der Waals surface area contributed by atoms with Crippen LogP contribution in [0.1, 0.15) is 19.8 Å². The second-order valence-corrected chi connectivity index (χ2v) is 7.68. The molecule has 1 fully saturated rings. The van der Waals surface area contributed by atoms with Crippen LogP contribution >= 0.6 is 11.8 Å². The maximum Gasteiger partial charge on any atom is 0.232 e. The van der Waals surface area contributed by atoms with Gasteiger partial charge in [-0.25, -0.2) is 0 Å². The zero-order chi connectivity index (χ0) is 19.3. The molecule has 0 spiro atoms. The van der Waals surface area contributed by atoms with Crippen molar-refractivity contribution in [2.24, 2.45) is 0 Å². The summed E-state index contributed by atoms with van der Waals surface area (Å²) in [6, 6.07) is 7.99. The number of nitrogens with one attached hydrogen (secondary N) is 1. The summed E-state index contributed by atoms with van der Waals surface area (Å²) >= 11 is 1.42. The standard InChI is InChI=1S/C19H25N5O3S/c1-2-26-15-7-5-14(6-8-15)23-9-10-24-18(23)21-22-19(24)28-13-17(25)20-12-16-4-3-11-27-16/h5-8,16H,2-4,9-13H2,1H3,(H,20,25)/t16-/m1/s1. The van der Waals surface area contributed by atoms with Crippen molar-refractivity contribution in [1.82, 2.24) is 20.1 Å². The first-order valence-corrected chi connectivity index (χ1v) is 10.7. The van der Waals surface area contributed by atoms with Crippen LogP contribution < -0.4 is 15.0 Å². The third-order valence-corrected chi connectivity index (χ3v) is 5.80. The number of aromatic nitrogens is 3. The Bertz CT molecular complexity index is 804. The number of benzene rings is 1. The van der Waals surface area contributed by atoms with E-state index in [1.165, 1.54) is 11.8 Å². The van der Waals surface area contributed by atoms with Crippen LogP contribution in [-0.2, 0) is 16.1 Å². The number of rotatable bonds is 8. The third kappa shape index (κ3) is 4.25. The predicted octanol–water partition coefficient (Wildman–Crippen LogP) is 2.22. The topological polar surface area (TPSA) is 81.5 Å². The van der Waals surface area contributed by atoms with Gasteiger partial charge >= 0.3 is 0 Å². The SMILES string of the molecule is CCOc1ccc(N2CCn3c(SCC(=O)NC[C@H]4CCCO4)nnc32)cc1. The maximum absolute atomic E-state index is 12.1. The number of thioether (sulfide) groups is 1. The van der Waals surface area contributed by atoms with E-state index in [2.05, 4.69) is 25.0 Å². The number of nitrogens with zero attached hydrogens (tertiary/aromatic N) is 4. The molecule has 4 rings (SSSR count). The Morgan fingerprint density at radius 3 is 2.93 bits per heavy atom. The van der Waals surface area contributed by atoms with E-state index in [9.17, 15) is 4.79 Å². The zero-order valence-corrected chi connectivity index (χ0v) is 16.8. The molecule has 3 heterocycles. The molecule has 2 aromatic rings. The van der Waals surface area contributed by atoms with Gasteiger partial charge in [-0.15, -0.1) is 10.2 Å². The van der Waals surface area contributed by atoms with Gasteiger partial charge in [-0.1, -0.05) is 11.8 Å². The Morgan fingerprint density at radius 1 is 1.32 bits per heavy atom. The van der Waals surface area contributed by atoms with Crippen LogP contribution in [-0.4, -0.2) is 58.8 Å². The second kappa shape index (κ2) is 8.83. The monoisotopic (exact) mass is 403 g/mol. The molecule has 2 aliphatic heterocycles. The Morgan fingerprint density at radius 2 is 2.18 bits per heavy atom.